The highest BCUT2D eigenvalue weighted by molar-refractivity contribution is 9.09. The topological polar surface area (TPSA) is 12.9 Å². The Hall–Kier alpha value is 0.110. The van der Waals surface area contributed by atoms with Gasteiger partial charge in [0.2, 0.25) is 0 Å². The Morgan fingerprint density at radius 3 is 3.00 bits per heavy atom. The molecule has 1 aliphatic rings. The van der Waals surface area contributed by atoms with Crippen molar-refractivity contribution in [3.63, 3.8) is 0 Å². The molecular formula is C11H16BrNS. The number of alkyl halides is 1. The summed E-state index contributed by atoms with van der Waals surface area (Å²) in [7, 11) is 0. The second-order valence-corrected chi connectivity index (χ2v) is 6.84. The molecule has 2 unspecified atom stereocenters. The number of hydrogen-bond acceptors (Lipinski definition) is 2. The van der Waals surface area contributed by atoms with E-state index in [1.807, 2.05) is 5.51 Å². The van der Waals surface area contributed by atoms with Crippen molar-refractivity contribution in [1.82, 2.24) is 4.98 Å². The van der Waals surface area contributed by atoms with Gasteiger partial charge in [-0.25, -0.2) is 4.98 Å². The molecule has 0 radical (unpaired) electrons. The van der Waals surface area contributed by atoms with Crippen LogP contribution in [0.2, 0.25) is 0 Å². The van der Waals surface area contributed by atoms with Crippen LogP contribution in [0.1, 0.15) is 44.7 Å². The monoisotopic (exact) mass is 273 g/mol. The van der Waals surface area contributed by atoms with Crippen LogP contribution in [0.3, 0.4) is 0 Å². The molecule has 0 aromatic carbocycles. The smallest absolute Gasteiger partial charge is 0.0794 e. The van der Waals surface area contributed by atoms with Crippen LogP contribution in [0.4, 0.5) is 0 Å². The molecule has 1 saturated carbocycles. The van der Waals surface area contributed by atoms with Gasteiger partial charge in [-0.15, -0.1) is 11.3 Å². The third-order valence-corrected chi connectivity index (χ3v) is 4.78. The number of aromatic nitrogens is 1. The van der Waals surface area contributed by atoms with Crippen LogP contribution in [-0.4, -0.2) is 9.81 Å². The van der Waals surface area contributed by atoms with E-state index in [2.05, 4.69) is 40.1 Å². The average molecular weight is 274 g/mol. The van der Waals surface area contributed by atoms with Gasteiger partial charge in [0.25, 0.3) is 0 Å². The molecule has 0 saturated heterocycles. The van der Waals surface area contributed by atoms with Crippen LogP contribution < -0.4 is 0 Å². The van der Waals surface area contributed by atoms with Crippen LogP contribution in [0.25, 0.3) is 0 Å². The molecule has 2 rings (SSSR count). The lowest BCUT2D eigenvalue weighted by atomic mass is 9.68. The first-order chi connectivity index (χ1) is 6.59. The molecule has 2 atom stereocenters. The van der Waals surface area contributed by atoms with Crippen LogP contribution in [0.15, 0.2) is 10.9 Å². The molecule has 1 nitrogen and oxygen atoms in total. The minimum absolute atomic E-state index is 0.415. The van der Waals surface area contributed by atoms with Gasteiger partial charge in [0.15, 0.2) is 0 Å². The maximum atomic E-state index is 4.47. The van der Waals surface area contributed by atoms with E-state index in [9.17, 15) is 0 Å². The minimum atomic E-state index is 0.415. The second-order valence-electron chi connectivity index (χ2n) is 4.83. The quantitative estimate of drug-likeness (QED) is 0.699. The van der Waals surface area contributed by atoms with E-state index >= 15 is 0 Å². The zero-order chi connectivity index (χ0) is 10.2. The van der Waals surface area contributed by atoms with Crippen molar-refractivity contribution in [2.24, 2.45) is 5.41 Å². The Balaban J connectivity index is 2.22. The van der Waals surface area contributed by atoms with E-state index in [1.165, 1.54) is 25.0 Å². The summed E-state index contributed by atoms with van der Waals surface area (Å²) in [4.78, 5) is 5.15. The molecule has 0 bridgehead atoms. The average Bonchev–Trinajstić information content (AvgIpc) is 2.62. The zero-order valence-corrected chi connectivity index (χ0v) is 11.1. The lowest BCUT2D eigenvalue weighted by Gasteiger charge is -2.39. The molecule has 0 N–H and O–H groups in total. The number of rotatable bonds is 1. The van der Waals surface area contributed by atoms with E-state index in [0.717, 1.165) is 0 Å². The van der Waals surface area contributed by atoms with E-state index in [-0.39, 0.29) is 0 Å². The maximum absolute atomic E-state index is 4.47. The van der Waals surface area contributed by atoms with E-state index in [0.29, 0.717) is 16.2 Å². The molecular weight excluding hydrogens is 258 g/mol. The maximum Gasteiger partial charge on any atom is 0.0794 e. The predicted molar refractivity (Wildman–Crippen MR) is 65.2 cm³/mol. The lowest BCUT2D eigenvalue weighted by molar-refractivity contribution is 0.202. The third-order valence-electron chi connectivity index (χ3n) is 3.35. The summed E-state index contributed by atoms with van der Waals surface area (Å²) in [6.07, 6.45) is 3.83. The Morgan fingerprint density at radius 2 is 2.36 bits per heavy atom. The fraction of sp³-hybridized carbons (Fsp3) is 0.727. The van der Waals surface area contributed by atoms with E-state index in [1.54, 1.807) is 11.3 Å². The van der Waals surface area contributed by atoms with Gasteiger partial charge in [-0.2, -0.15) is 0 Å². The zero-order valence-electron chi connectivity index (χ0n) is 8.66. The summed E-state index contributed by atoms with van der Waals surface area (Å²) in [6.45, 7) is 4.74. The summed E-state index contributed by atoms with van der Waals surface area (Å²) < 4.78 is 0. The van der Waals surface area contributed by atoms with Gasteiger partial charge >= 0.3 is 0 Å². The Labute approximate surface area is 98.1 Å². The highest BCUT2D eigenvalue weighted by Crippen LogP contribution is 2.48. The van der Waals surface area contributed by atoms with Gasteiger partial charge < -0.3 is 0 Å². The summed E-state index contributed by atoms with van der Waals surface area (Å²) in [5.41, 5.74) is 3.66. The van der Waals surface area contributed by atoms with Gasteiger partial charge in [0.1, 0.15) is 0 Å². The van der Waals surface area contributed by atoms with E-state index < -0.39 is 0 Å². The molecule has 14 heavy (non-hydrogen) atoms. The molecule has 1 aromatic heterocycles. The van der Waals surface area contributed by atoms with Gasteiger partial charge in [-0.05, 0) is 24.7 Å². The van der Waals surface area contributed by atoms with Crippen LogP contribution in [0, 0.1) is 5.41 Å². The molecule has 1 fully saturated rings. The number of halogens is 1. The van der Waals surface area contributed by atoms with Gasteiger partial charge in [-0.1, -0.05) is 29.8 Å². The van der Waals surface area contributed by atoms with Crippen LogP contribution in [-0.2, 0) is 0 Å². The number of thiazole rings is 1. The number of nitrogens with zero attached hydrogens (tertiary/aromatic N) is 1. The number of hydrogen-bond donors (Lipinski definition) is 0. The van der Waals surface area contributed by atoms with Crippen LogP contribution >= 0.6 is 27.3 Å². The SMILES string of the molecule is CC1(C)CCC(Br)CC1c1cscn1. The van der Waals surface area contributed by atoms with Gasteiger partial charge in [0.05, 0.1) is 11.2 Å². The van der Waals surface area contributed by atoms with Crippen molar-refractivity contribution in [2.45, 2.75) is 43.9 Å². The fourth-order valence-electron chi connectivity index (χ4n) is 2.31. The molecule has 3 heteroatoms. The summed E-state index contributed by atoms with van der Waals surface area (Å²) >= 11 is 5.45. The highest BCUT2D eigenvalue weighted by atomic mass is 79.9. The summed E-state index contributed by atoms with van der Waals surface area (Å²) in [6, 6.07) is 0. The van der Waals surface area contributed by atoms with Crippen molar-refractivity contribution in [1.29, 1.82) is 0 Å². The highest BCUT2D eigenvalue weighted by Gasteiger charge is 2.37. The minimum Gasteiger partial charge on any atom is -0.249 e. The molecule has 1 aromatic rings. The van der Waals surface area contributed by atoms with Gasteiger partial charge in [-0.3, -0.25) is 0 Å². The first kappa shape index (κ1) is 10.6. The summed E-state index contributed by atoms with van der Waals surface area (Å²) in [5, 5.41) is 2.21. The van der Waals surface area contributed by atoms with Crippen LogP contribution in [0.5, 0.6) is 0 Å². The Kier molecular flexibility index (Phi) is 2.98. The van der Waals surface area contributed by atoms with Gasteiger partial charge in [0, 0.05) is 16.1 Å². The normalized spacial score (nSPS) is 31.6. The standard InChI is InChI=1S/C11H16BrNS/c1-11(2)4-3-8(12)5-9(11)10-6-14-7-13-10/h6-9H,3-5H2,1-2H3. The summed E-state index contributed by atoms with van der Waals surface area (Å²) in [5.74, 6) is 0.631. The van der Waals surface area contributed by atoms with Crippen molar-refractivity contribution < 1.29 is 0 Å². The molecule has 0 aliphatic heterocycles. The molecule has 1 heterocycles. The van der Waals surface area contributed by atoms with Crippen molar-refractivity contribution >= 4 is 27.3 Å². The second kappa shape index (κ2) is 3.93. The van der Waals surface area contributed by atoms with E-state index in [4.69, 9.17) is 0 Å². The first-order valence-electron chi connectivity index (χ1n) is 5.12. The van der Waals surface area contributed by atoms with Crippen molar-refractivity contribution in [3.8, 4) is 0 Å². The fourth-order valence-corrected chi connectivity index (χ4v) is 3.52. The molecule has 78 valence electrons. The third kappa shape index (κ3) is 2.03. The molecule has 1 aliphatic carbocycles. The predicted octanol–water partition coefficient (Wildman–Crippen LogP) is 4.20. The van der Waals surface area contributed by atoms with Crippen molar-refractivity contribution in [3.05, 3.63) is 16.6 Å². The first-order valence-corrected chi connectivity index (χ1v) is 6.97. The molecule has 0 spiro atoms. The Morgan fingerprint density at radius 1 is 1.57 bits per heavy atom. The molecule has 0 amide bonds. The largest absolute Gasteiger partial charge is 0.249 e. The Bertz CT molecular complexity index is 294. The van der Waals surface area contributed by atoms with Crippen molar-refractivity contribution in [2.75, 3.05) is 0 Å². The lowest BCUT2D eigenvalue weighted by Crippen LogP contribution is -2.30.